The van der Waals surface area contributed by atoms with Crippen molar-refractivity contribution in [1.82, 2.24) is 5.32 Å². The molecule has 3 rings (SSSR count). The lowest BCUT2D eigenvalue weighted by Gasteiger charge is -2.15. The number of rotatable bonds is 5. The molecule has 3 nitrogen and oxygen atoms in total. The van der Waals surface area contributed by atoms with Gasteiger partial charge in [-0.15, -0.1) is 0 Å². The van der Waals surface area contributed by atoms with Crippen LogP contribution >= 0.6 is 0 Å². The minimum Gasteiger partial charge on any atom is -0.381 e. The maximum atomic E-state index is 11.8. The van der Waals surface area contributed by atoms with E-state index in [1.807, 2.05) is 25.1 Å². The third-order valence-electron chi connectivity index (χ3n) is 4.64. The number of hydrogen-bond donors (Lipinski definition) is 2. The van der Waals surface area contributed by atoms with Gasteiger partial charge in [0.15, 0.2) is 0 Å². The van der Waals surface area contributed by atoms with Gasteiger partial charge in [-0.05, 0) is 59.9 Å². The standard InChI is InChI=1S/C23H24N2O/c1-16-8-4-6-10-20(16)21-11-7-5-9-19(21)15-25-22-13-12-18(14-17(22)2)23(26)24-3/h4-14,25H,15H2,1-3H3,(H,24,26). The zero-order chi connectivity index (χ0) is 18.5. The summed E-state index contributed by atoms with van der Waals surface area (Å²) in [5, 5.41) is 6.17. The summed E-state index contributed by atoms with van der Waals surface area (Å²) in [6, 6.07) is 22.6. The number of hydrogen-bond acceptors (Lipinski definition) is 2. The van der Waals surface area contributed by atoms with E-state index in [9.17, 15) is 4.79 Å². The third-order valence-corrected chi connectivity index (χ3v) is 4.64. The third kappa shape index (κ3) is 3.77. The lowest BCUT2D eigenvalue weighted by molar-refractivity contribution is 0.0963. The Morgan fingerprint density at radius 1 is 0.846 bits per heavy atom. The molecule has 0 aliphatic rings. The van der Waals surface area contributed by atoms with E-state index in [1.54, 1.807) is 7.05 Å². The van der Waals surface area contributed by atoms with Crippen LogP contribution in [0.3, 0.4) is 0 Å². The summed E-state index contributed by atoms with van der Waals surface area (Å²) in [4.78, 5) is 11.8. The van der Waals surface area contributed by atoms with Crippen LogP contribution in [-0.4, -0.2) is 13.0 Å². The summed E-state index contributed by atoms with van der Waals surface area (Å²) in [5.74, 6) is -0.0652. The topological polar surface area (TPSA) is 41.1 Å². The molecule has 0 heterocycles. The molecule has 132 valence electrons. The maximum absolute atomic E-state index is 11.8. The van der Waals surface area contributed by atoms with Crippen LogP contribution in [-0.2, 0) is 6.54 Å². The molecule has 26 heavy (non-hydrogen) atoms. The Morgan fingerprint density at radius 3 is 2.23 bits per heavy atom. The Morgan fingerprint density at radius 2 is 1.54 bits per heavy atom. The Labute approximate surface area is 155 Å². The Bertz CT molecular complexity index is 931. The quantitative estimate of drug-likeness (QED) is 0.688. The van der Waals surface area contributed by atoms with Gasteiger partial charge in [0.05, 0.1) is 0 Å². The number of nitrogens with one attached hydrogen (secondary N) is 2. The second-order valence-corrected chi connectivity index (χ2v) is 6.43. The molecule has 0 saturated carbocycles. The highest BCUT2D eigenvalue weighted by molar-refractivity contribution is 5.94. The molecule has 0 radical (unpaired) electrons. The zero-order valence-electron chi connectivity index (χ0n) is 15.5. The number of amides is 1. The van der Waals surface area contributed by atoms with Crippen molar-refractivity contribution in [1.29, 1.82) is 0 Å². The van der Waals surface area contributed by atoms with E-state index in [0.717, 1.165) is 17.8 Å². The largest absolute Gasteiger partial charge is 0.381 e. The van der Waals surface area contributed by atoms with Gasteiger partial charge in [-0.25, -0.2) is 0 Å². The Balaban J connectivity index is 1.83. The summed E-state index contributed by atoms with van der Waals surface area (Å²) in [6.07, 6.45) is 0. The minimum absolute atomic E-state index is 0.0652. The van der Waals surface area contributed by atoms with Crippen molar-refractivity contribution in [3.63, 3.8) is 0 Å². The molecule has 0 aliphatic carbocycles. The van der Waals surface area contributed by atoms with Crippen LogP contribution in [0.1, 0.15) is 27.0 Å². The highest BCUT2D eigenvalue weighted by atomic mass is 16.1. The number of carbonyl (C=O) groups is 1. The summed E-state index contributed by atoms with van der Waals surface area (Å²) in [6.45, 7) is 4.88. The van der Waals surface area contributed by atoms with Gasteiger partial charge in [-0.1, -0.05) is 48.5 Å². The molecule has 0 bridgehead atoms. The Hall–Kier alpha value is -3.07. The molecule has 0 saturated heterocycles. The zero-order valence-corrected chi connectivity index (χ0v) is 15.5. The van der Waals surface area contributed by atoms with E-state index in [0.29, 0.717) is 5.56 Å². The molecule has 0 fully saturated rings. The summed E-state index contributed by atoms with van der Waals surface area (Å²) in [5.41, 5.74) is 7.80. The van der Waals surface area contributed by atoms with Gasteiger partial charge in [0.1, 0.15) is 0 Å². The second kappa shape index (κ2) is 7.87. The van der Waals surface area contributed by atoms with Crippen LogP contribution in [0.5, 0.6) is 0 Å². The molecule has 3 aromatic rings. The fourth-order valence-corrected chi connectivity index (χ4v) is 3.15. The fourth-order valence-electron chi connectivity index (χ4n) is 3.15. The van der Waals surface area contributed by atoms with Crippen molar-refractivity contribution in [2.45, 2.75) is 20.4 Å². The normalized spacial score (nSPS) is 10.4. The number of benzene rings is 3. The van der Waals surface area contributed by atoms with Crippen LogP contribution in [0.4, 0.5) is 5.69 Å². The van der Waals surface area contributed by atoms with Gasteiger partial charge in [0.25, 0.3) is 5.91 Å². The molecule has 0 aliphatic heterocycles. The first kappa shape index (κ1) is 17.7. The summed E-state index contributed by atoms with van der Waals surface area (Å²) < 4.78 is 0. The van der Waals surface area contributed by atoms with Gasteiger partial charge >= 0.3 is 0 Å². The predicted molar refractivity (Wildman–Crippen MR) is 109 cm³/mol. The van der Waals surface area contributed by atoms with Crippen LogP contribution in [0.2, 0.25) is 0 Å². The lowest BCUT2D eigenvalue weighted by atomic mass is 9.96. The van der Waals surface area contributed by atoms with Crippen molar-refractivity contribution in [3.8, 4) is 11.1 Å². The first-order valence-electron chi connectivity index (χ1n) is 8.80. The van der Waals surface area contributed by atoms with Crippen LogP contribution in [0.25, 0.3) is 11.1 Å². The van der Waals surface area contributed by atoms with Gasteiger partial charge in [0.2, 0.25) is 0 Å². The lowest BCUT2D eigenvalue weighted by Crippen LogP contribution is -2.17. The molecular formula is C23H24N2O. The molecule has 0 spiro atoms. The van der Waals surface area contributed by atoms with E-state index >= 15 is 0 Å². The van der Waals surface area contributed by atoms with E-state index < -0.39 is 0 Å². The van der Waals surface area contributed by atoms with Crippen molar-refractivity contribution in [2.75, 3.05) is 12.4 Å². The molecule has 1 amide bonds. The van der Waals surface area contributed by atoms with Gasteiger partial charge in [-0.3, -0.25) is 4.79 Å². The second-order valence-electron chi connectivity index (χ2n) is 6.43. The molecular weight excluding hydrogens is 320 g/mol. The van der Waals surface area contributed by atoms with E-state index in [1.165, 1.54) is 22.3 Å². The fraction of sp³-hybridized carbons (Fsp3) is 0.174. The molecule has 2 N–H and O–H groups in total. The van der Waals surface area contributed by atoms with E-state index in [4.69, 9.17) is 0 Å². The van der Waals surface area contributed by atoms with Crippen molar-refractivity contribution >= 4 is 11.6 Å². The van der Waals surface area contributed by atoms with Crippen molar-refractivity contribution in [2.24, 2.45) is 0 Å². The first-order valence-corrected chi connectivity index (χ1v) is 8.80. The van der Waals surface area contributed by atoms with Crippen LogP contribution in [0.15, 0.2) is 66.7 Å². The van der Waals surface area contributed by atoms with Crippen molar-refractivity contribution < 1.29 is 4.79 Å². The SMILES string of the molecule is CNC(=O)c1ccc(NCc2ccccc2-c2ccccc2C)c(C)c1. The highest BCUT2D eigenvalue weighted by Crippen LogP contribution is 2.27. The van der Waals surface area contributed by atoms with E-state index in [2.05, 4.69) is 66.1 Å². The Kier molecular flexibility index (Phi) is 5.37. The molecule has 0 unspecified atom stereocenters. The number of carbonyl (C=O) groups excluding carboxylic acids is 1. The monoisotopic (exact) mass is 344 g/mol. The first-order chi connectivity index (χ1) is 12.6. The average Bonchev–Trinajstić information content (AvgIpc) is 2.67. The molecule has 3 aromatic carbocycles. The number of aryl methyl sites for hydroxylation is 2. The summed E-state index contributed by atoms with van der Waals surface area (Å²) in [7, 11) is 1.65. The van der Waals surface area contributed by atoms with Crippen LogP contribution < -0.4 is 10.6 Å². The van der Waals surface area contributed by atoms with Gasteiger partial charge < -0.3 is 10.6 Å². The predicted octanol–water partition coefficient (Wildman–Crippen LogP) is 4.94. The molecule has 3 heteroatoms. The highest BCUT2D eigenvalue weighted by Gasteiger charge is 2.09. The number of anilines is 1. The molecule has 0 atom stereocenters. The minimum atomic E-state index is -0.0652. The smallest absolute Gasteiger partial charge is 0.251 e. The van der Waals surface area contributed by atoms with Crippen LogP contribution in [0, 0.1) is 13.8 Å². The molecule has 0 aromatic heterocycles. The van der Waals surface area contributed by atoms with Gasteiger partial charge in [-0.2, -0.15) is 0 Å². The maximum Gasteiger partial charge on any atom is 0.251 e. The summed E-state index contributed by atoms with van der Waals surface area (Å²) >= 11 is 0. The average molecular weight is 344 g/mol. The van der Waals surface area contributed by atoms with Gasteiger partial charge in [0, 0.05) is 24.8 Å². The van der Waals surface area contributed by atoms with Crippen molar-refractivity contribution in [3.05, 3.63) is 89.0 Å². The van der Waals surface area contributed by atoms with E-state index in [-0.39, 0.29) is 5.91 Å².